The minimum absolute atomic E-state index is 0.0605. The molecule has 0 saturated heterocycles. The van der Waals surface area contributed by atoms with E-state index in [9.17, 15) is 17.6 Å². The SMILES string of the molecule is FC(F)Oc1cccc(CSc2ccc3nnc(C(F)F)n3n2)c1. The Morgan fingerprint density at radius 3 is 2.67 bits per heavy atom. The number of alkyl halides is 4. The molecule has 1 aromatic carbocycles. The number of halogens is 4. The van der Waals surface area contributed by atoms with Gasteiger partial charge in [0.25, 0.3) is 6.43 Å². The Bertz CT molecular complexity index is 843. The van der Waals surface area contributed by atoms with E-state index in [4.69, 9.17) is 0 Å². The topological polar surface area (TPSA) is 52.3 Å². The molecule has 0 amide bonds. The fourth-order valence-electron chi connectivity index (χ4n) is 1.97. The fraction of sp³-hybridized carbons (Fsp3) is 0.214. The van der Waals surface area contributed by atoms with Crippen LogP contribution in [0.3, 0.4) is 0 Å². The number of fused-ring (bicyclic) bond motifs is 1. The fourth-order valence-corrected chi connectivity index (χ4v) is 2.77. The van der Waals surface area contributed by atoms with Crippen molar-refractivity contribution in [1.82, 2.24) is 19.8 Å². The largest absolute Gasteiger partial charge is 0.435 e. The standard InChI is InChI=1S/C14H10F4N4OS/c15-12(16)13-20-19-10-4-5-11(21-22(10)13)24-7-8-2-1-3-9(6-8)23-14(17)18/h1-6,12,14H,7H2. The summed E-state index contributed by atoms with van der Waals surface area (Å²) in [4.78, 5) is 0. The lowest BCUT2D eigenvalue weighted by Crippen LogP contribution is -2.02. The van der Waals surface area contributed by atoms with Crippen molar-refractivity contribution in [2.75, 3.05) is 0 Å². The summed E-state index contributed by atoms with van der Waals surface area (Å²) in [5.74, 6) is -0.0597. The van der Waals surface area contributed by atoms with Gasteiger partial charge in [0.2, 0.25) is 5.82 Å². The lowest BCUT2D eigenvalue weighted by atomic mass is 10.2. The number of aromatic nitrogens is 4. The molecule has 0 aliphatic rings. The molecule has 0 spiro atoms. The summed E-state index contributed by atoms with van der Waals surface area (Å²) in [5.41, 5.74) is 0.958. The zero-order valence-corrected chi connectivity index (χ0v) is 12.8. The van der Waals surface area contributed by atoms with Gasteiger partial charge in [-0.3, -0.25) is 0 Å². The Labute approximate surface area is 137 Å². The minimum atomic E-state index is -2.89. The lowest BCUT2D eigenvalue weighted by molar-refractivity contribution is -0.0498. The summed E-state index contributed by atoms with van der Waals surface area (Å²) in [6, 6.07) is 9.41. The first-order valence-corrected chi connectivity index (χ1v) is 7.68. The summed E-state index contributed by atoms with van der Waals surface area (Å²) >= 11 is 1.26. The third kappa shape index (κ3) is 3.75. The van der Waals surface area contributed by atoms with Gasteiger partial charge in [0.1, 0.15) is 10.8 Å². The number of benzene rings is 1. The van der Waals surface area contributed by atoms with Crippen LogP contribution in [0.4, 0.5) is 17.6 Å². The van der Waals surface area contributed by atoms with Crippen LogP contribution in [0.25, 0.3) is 5.65 Å². The zero-order chi connectivity index (χ0) is 17.1. The van der Waals surface area contributed by atoms with Crippen LogP contribution in [0.2, 0.25) is 0 Å². The smallest absolute Gasteiger partial charge is 0.387 e. The molecule has 10 heteroatoms. The van der Waals surface area contributed by atoms with Crippen LogP contribution in [0, 0.1) is 0 Å². The van der Waals surface area contributed by atoms with Gasteiger partial charge in [-0.1, -0.05) is 23.9 Å². The maximum absolute atomic E-state index is 12.8. The second kappa shape index (κ2) is 7.04. The molecule has 0 aliphatic carbocycles. The van der Waals surface area contributed by atoms with E-state index in [-0.39, 0.29) is 11.4 Å². The van der Waals surface area contributed by atoms with Crippen LogP contribution >= 0.6 is 11.8 Å². The maximum Gasteiger partial charge on any atom is 0.387 e. The summed E-state index contributed by atoms with van der Waals surface area (Å²) < 4.78 is 55.4. The molecule has 0 radical (unpaired) electrons. The van der Waals surface area contributed by atoms with Crippen LogP contribution in [-0.4, -0.2) is 26.4 Å². The van der Waals surface area contributed by atoms with Crippen molar-refractivity contribution in [2.24, 2.45) is 0 Å². The van der Waals surface area contributed by atoms with E-state index in [2.05, 4.69) is 20.0 Å². The molecule has 5 nitrogen and oxygen atoms in total. The van der Waals surface area contributed by atoms with Gasteiger partial charge in [-0.05, 0) is 29.8 Å². The molecule has 0 atom stereocenters. The predicted octanol–water partition coefficient (Wildman–Crippen LogP) is 3.96. The Kier molecular flexibility index (Phi) is 4.84. The van der Waals surface area contributed by atoms with Crippen molar-refractivity contribution in [3.8, 4) is 5.75 Å². The van der Waals surface area contributed by atoms with Crippen LogP contribution in [0.1, 0.15) is 17.8 Å². The van der Waals surface area contributed by atoms with Gasteiger partial charge in [-0.2, -0.15) is 18.4 Å². The predicted molar refractivity (Wildman–Crippen MR) is 78.4 cm³/mol. The highest BCUT2D eigenvalue weighted by atomic mass is 32.2. The second-order valence-corrected chi connectivity index (χ2v) is 5.61. The van der Waals surface area contributed by atoms with E-state index in [0.717, 1.165) is 10.1 Å². The molecule has 2 aromatic heterocycles. The molecule has 0 aliphatic heterocycles. The van der Waals surface area contributed by atoms with Crippen molar-refractivity contribution >= 4 is 17.4 Å². The van der Waals surface area contributed by atoms with E-state index in [1.807, 2.05) is 0 Å². The molecule has 0 N–H and O–H groups in total. The van der Waals surface area contributed by atoms with Crippen molar-refractivity contribution in [2.45, 2.75) is 23.8 Å². The number of hydrogen-bond acceptors (Lipinski definition) is 5. The molecule has 24 heavy (non-hydrogen) atoms. The van der Waals surface area contributed by atoms with Crippen molar-refractivity contribution in [1.29, 1.82) is 0 Å². The first kappa shape index (κ1) is 16.5. The van der Waals surface area contributed by atoms with Gasteiger partial charge < -0.3 is 4.74 Å². The molecule has 3 rings (SSSR count). The number of nitrogens with zero attached hydrogens (tertiary/aromatic N) is 4. The van der Waals surface area contributed by atoms with Gasteiger partial charge >= 0.3 is 6.61 Å². The Morgan fingerprint density at radius 1 is 1.08 bits per heavy atom. The first-order chi connectivity index (χ1) is 11.5. The molecule has 2 heterocycles. The van der Waals surface area contributed by atoms with Crippen molar-refractivity contribution in [3.63, 3.8) is 0 Å². The third-order valence-electron chi connectivity index (χ3n) is 2.97. The van der Waals surface area contributed by atoms with E-state index in [1.165, 1.54) is 30.0 Å². The number of thioether (sulfide) groups is 1. The van der Waals surface area contributed by atoms with E-state index in [0.29, 0.717) is 10.8 Å². The molecular formula is C14H10F4N4OS. The van der Waals surface area contributed by atoms with Gasteiger partial charge in [-0.25, -0.2) is 8.78 Å². The van der Waals surface area contributed by atoms with E-state index >= 15 is 0 Å². The monoisotopic (exact) mass is 358 g/mol. The average molecular weight is 358 g/mol. The molecule has 0 fully saturated rings. The Morgan fingerprint density at radius 2 is 1.92 bits per heavy atom. The van der Waals surface area contributed by atoms with Gasteiger partial charge in [-0.15, -0.1) is 10.2 Å². The molecular weight excluding hydrogens is 348 g/mol. The van der Waals surface area contributed by atoms with Crippen LogP contribution in [-0.2, 0) is 5.75 Å². The van der Waals surface area contributed by atoms with Crippen LogP contribution in [0.5, 0.6) is 5.75 Å². The van der Waals surface area contributed by atoms with E-state index in [1.54, 1.807) is 18.2 Å². The summed E-state index contributed by atoms with van der Waals surface area (Å²) in [5, 5.41) is 11.6. The third-order valence-corrected chi connectivity index (χ3v) is 3.96. The zero-order valence-electron chi connectivity index (χ0n) is 11.9. The molecule has 0 saturated carbocycles. The Hall–Kier alpha value is -2.36. The van der Waals surface area contributed by atoms with Crippen molar-refractivity contribution in [3.05, 3.63) is 47.8 Å². The molecule has 0 unspecified atom stereocenters. The molecule has 0 bridgehead atoms. The van der Waals surface area contributed by atoms with Crippen LogP contribution < -0.4 is 4.74 Å². The van der Waals surface area contributed by atoms with Crippen LogP contribution in [0.15, 0.2) is 41.4 Å². The number of rotatable bonds is 6. The number of ether oxygens (including phenoxy) is 1. The van der Waals surface area contributed by atoms with Gasteiger partial charge in [0.15, 0.2) is 5.65 Å². The normalized spacial score (nSPS) is 11.6. The Balaban J connectivity index is 1.74. The molecule has 126 valence electrons. The quantitative estimate of drug-likeness (QED) is 0.493. The lowest BCUT2D eigenvalue weighted by Gasteiger charge is -2.07. The maximum atomic E-state index is 12.8. The van der Waals surface area contributed by atoms with Crippen molar-refractivity contribution < 1.29 is 22.3 Å². The van der Waals surface area contributed by atoms with Gasteiger partial charge in [0, 0.05) is 5.75 Å². The molecule has 3 aromatic rings. The van der Waals surface area contributed by atoms with E-state index < -0.39 is 18.9 Å². The summed E-state index contributed by atoms with van der Waals surface area (Å²) in [6.07, 6.45) is -2.78. The summed E-state index contributed by atoms with van der Waals surface area (Å²) in [7, 11) is 0. The first-order valence-electron chi connectivity index (χ1n) is 6.70. The second-order valence-electron chi connectivity index (χ2n) is 4.62. The highest BCUT2D eigenvalue weighted by Crippen LogP contribution is 2.25. The average Bonchev–Trinajstić information content (AvgIpc) is 2.96. The van der Waals surface area contributed by atoms with Gasteiger partial charge in [0.05, 0.1) is 0 Å². The minimum Gasteiger partial charge on any atom is -0.435 e. The highest BCUT2D eigenvalue weighted by Gasteiger charge is 2.17. The summed E-state index contributed by atoms with van der Waals surface area (Å²) in [6.45, 7) is -2.89. The highest BCUT2D eigenvalue weighted by molar-refractivity contribution is 7.98. The number of hydrogen-bond donors (Lipinski definition) is 0.